The first-order chi connectivity index (χ1) is 6.27. The molecule has 0 bridgehead atoms. The SMILES string of the molecule is NCCN1CC[C@H](O)[C@@H](CCF)C1. The van der Waals surface area contributed by atoms with Crippen molar-refractivity contribution in [3.63, 3.8) is 0 Å². The molecule has 2 atom stereocenters. The summed E-state index contributed by atoms with van der Waals surface area (Å²) in [5, 5.41) is 9.56. The first-order valence-electron chi connectivity index (χ1n) is 4.94. The fourth-order valence-electron chi connectivity index (χ4n) is 1.90. The van der Waals surface area contributed by atoms with Gasteiger partial charge in [0.1, 0.15) is 0 Å². The first-order valence-corrected chi connectivity index (χ1v) is 4.94. The Bertz CT molecular complexity index is 146. The Morgan fingerprint density at radius 1 is 1.54 bits per heavy atom. The Morgan fingerprint density at radius 3 is 2.92 bits per heavy atom. The number of nitrogens with two attached hydrogens (primary N) is 1. The molecule has 1 aliphatic rings. The summed E-state index contributed by atoms with van der Waals surface area (Å²) >= 11 is 0. The number of hydrogen-bond donors (Lipinski definition) is 2. The maximum atomic E-state index is 12.1. The number of nitrogens with zero attached hydrogens (tertiary/aromatic N) is 1. The molecule has 0 aromatic heterocycles. The Kier molecular flexibility index (Phi) is 4.62. The lowest BCUT2D eigenvalue weighted by Crippen LogP contribution is -2.45. The fourth-order valence-corrected chi connectivity index (χ4v) is 1.90. The molecule has 0 aromatic carbocycles. The summed E-state index contributed by atoms with van der Waals surface area (Å²) in [6, 6.07) is 0. The molecule has 1 fully saturated rings. The van der Waals surface area contributed by atoms with Gasteiger partial charge in [-0.05, 0) is 12.8 Å². The van der Waals surface area contributed by atoms with Gasteiger partial charge in [-0.25, -0.2) is 0 Å². The highest BCUT2D eigenvalue weighted by atomic mass is 19.1. The molecule has 0 radical (unpaired) electrons. The maximum Gasteiger partial charge on any atom is 0.0898 e. The van der Waals surface area contributed by atoms with Crippen LogP contribution in [0.25, 0.3) is 0 Å². The highest BCUT2D eigenvalue weighted by molar-refractivity contribution is 4.79. The second kappa shape index (κ2) is 5.52. The van der Waals surface area contributed by atoms with Crippen molar-refractivity contribution in [3.05, 3.63) is 0 Å². The van der Waals surface area contributed by atoms with E-state index >= 15 is 0 Å². The van der Waals surface area contributed by atoms with E-state index in [4.69, 9.17) is 5.73 Å². The highest BCUT2D eigenvalue weighted by Gasteiger charge is 2.26. The number of hydrogen-bond acceptors (Lipinski definition) is 3. The van der Waals surface area contributed by atoms with Crippen LogP contribution in [0.1, 0.15) is 12.8 Å². The van der Waals surface area contributed by atoms with Crippen LogP contribution < -0.4 is 5.73 Å². The smallest absolute Gasteiger partial charge is 0.0898 e. The van der Waals surface area contributed by atoms with Gasteiger partial charge in [0.05, 0.1) is 12.8 Å². The molecule has 78 valence electrons. The van der Waals surface area contributed by atoms with Gasteiger partial charge < -0.3 is 15.7 Å². The summed E-state index contributed by atoms with van der Waals surface area (Å²) in [6.45, 7) is 2.84. The van der Waals surface area contributed by atoms with Gasteiger partial charge in [-0.15, -0.1) is 0 Å². The Balaban J connectivity index is 2.33. The fraction of sp³-hybridized carbons (Fsp3) is 1.00. The predicted octanol–water partition coefficient (Wildman–Crippen LogP) is -0.0125. The zero-order valence-electron chi connectivity index (χ0n) is 7.95. The Labute approximate surface area is 78.7 Å². The third kappa shape index (κ3) is 3.21. The second-order valence-electron chi connectivity index (χ2n) is 3.68. The van der Waals surface area contributed by atoms with E-state index in [2.05, 4.69) is 4.90 Å². The van der Waals surface area contributed by atoms with Crippen molar-refractivity contribution < 1.29 is 9.50 Å². The highest BCUT2D eigenvalue weighted by Crippen LogP contribution is 2.19. The summed E-state index contributed by atoms with van der Waals surface area (Å²) in [4.78, 5) is 2.20. The second-order valence-corrected chi connectivity index (χ2v) is 3.68. The number of piperidine rings is 1. The molecular formula is C9H19FN2O. The number of likely N-dealkylation sites (tertiary alicyclic amines) is 1. The van der Waals surface area contributed by atoms with Gasteiger partial charge in [-0.2, -0.15) is 0 Å². The third-order valence-electron chi connectivity index (χ3n) is 2.70. The van der Waals surface area contributed by atoms with Gasteiger partial charge in [-0.1, -0.05) is 0 Å². The van der Waals surface area contributed by atoms with Crippen LogP contribution in [-0.2, 0) is 0 Å². The average molecular weight is 190 g/mol. The topological polar surface area (TPSA) is 49.5 Å². The molecule has 1 heterocycles. The molecule has 0 spiro atoms. The number of aliphatic hydroxyl groups is 1. The van der Waals surface area contributed by atoms with E-state index in [1.165, 1.54) is 0 Å². The van der Waals surface area contributed by atoms with E-state index in [-0.39, 0.29) is 18.7 Å². The Morgan fingerprint density at radius 2 is 2.31 bits per heavy atom. The Hall–Kier alpha value is -0.190. The number of aliphatic hydroxyl groups excluding tert-OH is 1. The van der Waals surface area contributed by atoms with Crippen molar-refractivity contribution in [2.75, 3.05) is 32.9 Å². The van der Waals surface area contributed by atoms with Crippen molar-refractivity contribution >= 4 is 0 Å². The largest absolute Gasteiger partial charge is 0.393 e. The molecule has 1 rings (SSSR count). The summed E-state index contributed by atoms with van der Waals surface area (Å²) in [7, 11) is 0. The van der Waals surface area contributed by atoms with Crippen molar-refractivity contribution in [1.82, 2.24) is 4.90 Å². The summed E-state index contributed by atoms with van der Waals surface area (Å²) in [5.41, 5.74) is 5.44. The lowest BCUT2D eigenvalue weighted by Gasteiger charge is -2.35. The van der Waals surface area contributed by atoms with E-state index in [1.807, 2.05) is 0 Å². The zero-order chi connectivity index (χ0) is 9.68. The van der Waals surface area contributed by atoms with Gasteiger partial charge in [0.2, 0.25) is 0 Å². The van der Waals surface area contributed by atoms with Gasteiger partial charge >= 0.3 is 0 Å². The molecule has 4 heteroatoms. The molecule has 0 aromatic rings. The minimum atomic E-state index is -0.335. The monoisotopic (exact) mass is 190 g/mol. The molecule has 0 unspecified atom stereocenters. The molecule has 13 heavy (non-hydrogen) atoms. The van der Waals surface area contributed by atoms with Crippen LogP contribution >= 0.6 is 0 Å². The van der Waals surface area contributed by atoms with Crippen LogP contribution in [0.15, 0.2) is 0 Å². The summed E-state index contributed by atoms with van der Waals surface area (Å²) in [5.74, 6) is 0.102. The maximum absolute atomic E-state index is 12.1. The standard InChI is InChI=1S/C9H19FN2O/c10-3-1-8-7-12(6-4-11)5-2-9(8)13/h8-9,13H,1-7,11H2/t8-,9-/m0/s1. The van der Waals surface area contributed by atoms with E-state index in [0.29, 0.717) is 13.0 Å². The van der Waals surface area contributed by atoms with Crippen LogP contribution in [0.3, 0.4) is 0 Å². The minimum Gasteiger partial charge on any atom is -0.393 e. The molecule has 0 amide bonds. The summed E-state index contributed by atoms with van der Waals surface area (Å²) in [6.07, 6.45) is 0.914. The average Bonchev–Trinajstić information content (AvgIpc) is 2.12. The van der Waals surface area contributed by atoms with E-state index in [1.54, 1.807) is 0 Å². The van der Waals surface area contributed by atoms with Crippen LogP contribution in [0, 0.1) is 5.92 Å². The van der Waals surface area contributed by atoms with Crippen molar-refractivity contribution in [1.29, 1.82) is 0 Å². The van der Waals surface area contributed by atoms with Crippen LogP contribution in [0.2, 0.25) is 0 Å². The van der Waals surface area contributed by atoms with Crippen LogP contribution in [-0.4, -0.2) is 49.0 Å². The molecular weight excluding hydrogens is 171 g/mol. The molecule has 3 nitrogen and oxygen atoms in total. The zero-order valence-corrected chi connectivity index (χ0v) is 7.95. The van der Waals surface area contributed by atoms with Gasteiger partial charge in [0, 0.05) is 32.1 Å². The van der Waals surface area contributed by atoms with Crippen molar-refractivity contribution in [2.24, 2.45) is 11.7 Å². The van der Waals surface area contributed by atoms with Crippen LogP contribution in [0.5, 0.6) is 0 Å². The predicted molar refractivity (Wildman–Crippen MR) is 50.2 cm³/mol. The summed E-state index contributed by atoms with van der Waals surface area (Å²) < 4.78 is 12.1. The van der Waals surface area contributed by atoms with E-state index < -0.39 is 0 Å². The minimum absolute atomic E-state index is 0.102. The van der Waals surface area contributed by atoms with Gasteiger partial charge in [-0.3, -0.25) is 4.39 Å². The molecule has 3 N–H and O–H groups in total. The van der Waals surface area contributed by atoms with Crippen molar-refractivity contribution in [3.8, 4) is 0 Å². The number of halogens is 1. The lowest BCUT2D eigenvalue weighted by molar-refractivity contribution is 0.0214. The van der Waals surface area contributed by atoms with Gasteiger partial charge in [0.25, 0.3) is 0 Å². The third-order valence-corrected chi connectivity index (χ3v) is 2.70. The van der Waals surface area contributed by atoms with Crippen LogP contribution in [0.4, 0.5) is 4.39 Å². The lowest BCUT2D eigenvalue weighted by atomic mass is 9.92. The molecule has 0 aliphatic carbocycles. The van der Waals surface area contributed by atoms with Gasteiger partial charge in [0.15, 0.2) is 0 Å². The molecule has 1 saturated heterocycles. The normalized spacial score (nSPS) is 30.7. The van der Waals surface area contributed by atoms with E-state index in [9.17, 15) is 9.50 Å². The number of alkyl halides is 1. The molecule has 0 saturated carbocycles. The van der Waals surface area contributed by atoms with Crippen molar-refractivity contribution in [2.45, 2.75) is 18.9 Å². The number of rotatable bonds is 4. The first kappa shape index (κ1) is 10.9. The molecule has 1 aliphatic heterocycles. The quantitative estimate of drug-likeness (QED) is 0.655. The van der Waals surface area contributed by atoms with E-state index in [0.717, 1.165) is 26.1 Å².